The van der Waals surface area contributed by atoms with Crippen LogP contribution in [0.3, 0.4) is 0 Å². The van der Waals surface area contributed by atoms with Gasteiger partial charge in [-0.25, -0.2) is 0 Å². The zero-order valence-electron chi connectivity index (χ0n) is 14.7. The Labute approximate surface area is 145 Å². The monoisotopic (exact) mass is 340 g/mol. The summed E-state index contributed by atoms with van der Waals surface area (Å²) >= 11 is 0. The van der Waals surface area contributed by atoms with Gasteiger partial charge in [0.05, 0.1) is 17.3 Å². The predicted octanol–water partition coefficient (Wildman–Crippen LogP) is 2.58. The molecule has 0 aliphatic carbocycles. The molecular formula is C17H29ClN4O. The highest BCUT2D eigenvalue weighted by Crippen LogP contribution is 2.37. The second-order valence-corrected chi connectivity index (χ2v) is 7.95. The molecular weight excluding hydrogens is 312 g/mol. The fourth-order valence-corrected chi connectivity index (χ4v) is 3.87. The minimum atomic E-state index is -0.0932. The fourth-order valence-electron chi connectivity index (χ4n) is 3.87. The van der Waals surface area contributed by atoms with Crippen molar-refractivity contribution in [1.29, 1.82) is 0 Å². The van der Waals surface area contributed by atoms with Crippen molar-refractivity contribution >= 4 is 18.3 Å². The molecule has 1 N–H and O–H groups in total. The summed E-state index contributed by atoms with van der Waals surface area (Å²) in [6.45, 7) is 12.3. The van der Waals surface area contributed by atoms with Crippen molar-refractivity contribution in [2.75, 3.05) is 26.2 Å². The number of likely N-dealkylation sites (tertiary alicyclic amines) is 1. The quantitative estimate of drug-likeness (QED) is 0.854. The first-order valence-electron chi connectivity index (χ1n) is 8.38. The molecule has 2 aliphatic heterocycles. The van der Waals surface area contributed by atoms with E-state index >= 15 is 0 Å². The van der Waals surface area contributed by atoms with Gasteiger partial charge in [-0.15, -0.1) is 12.4 Å². The van der Waals surface area contributed by atoms with Gasteiger partial charge in [0.2, 0.25) is 0 Å². The molecule has 2 aliphatic rings. The Kier molecular flexibility index (Phi) is 5.12. The molecule has 3 heterocycles. The summed E-state index contributed by atoms with van der Waals surface area (Å²) in [6.07, 6.45) is 5.25. The molecule has 3 rings (SSSR count). The largest absolute Gasteiger partial charge is 0.339 e. The minimum Gasteiger partial charge on any atom is -0.339 e. The summed E-state index contributed by atoms with van der Waals surface area (Å²) in [6, 6.07) is 0. The molecule has 0 radical (unpaired) electrons. The van der Waals surface area contributed by atoms with Gasteiger partial charge in [-0.2, -0.15) is 5.10 Å². The van der Waals surface area contributed by atoms with E-state index in [1.54, 1.807) is 6.20 Å². The van der Waals surface area contributed by atoms with Crippen molar-refractivity contribution in [2.24, 2.45) is 5.41 Å². The molecule has 6 heteroatoms. The number of rotatable bonds is 1. The third-order valence-corrected chi connectivity index (χ3v) is 5.32. The molecule has 1 amide bonds. The molecule has 1 aromatic rings. The van der Waals surface area contributed by atoms with Gasteiger partial charge in [0, 0.05) is 25.3 Å². The number of nitrogens with one attached hydrogen (secondary N) is 1. The normalized spacial score (nSPS) is 20.6. The number of hydrogen-bond donors (Lipinski definition) is 1. The van der Waals surface area contributed by atoms with Gasteiger partial charge in [-0.05, 0) is 58.9 Å². The van der Waals surface area contributed by atoms with Crippen molar-refractivity contribution in [3.8, 4) is 0 Å². The number of amides is 1. The van der Waals surface area contributed by atoms with Crippen molar-refractivity contribution in [2.45, 2.75) is 52.5 Å². The van der Waals surface area contributed by atoms with Crippen LogP contribution < -0.4 is 5.32 Å². The van der Waals surface area contributed by atoms with Crippen molar-refractivity contribution in [3.63, 3.8) is 0 Å². The van der Waals surface area contributed by atoms with Crippen LogP contribution in [0.25, 0.3) is 0 Å². The van der Waals surface area contributed by atoms with E-state index < -0.39 is 0 Å². The van der Waals surface area contributed by atoms with Crippen LogP contribution in [-0.2, 0) is 5.54 Å². The molecule has 0 atom stereocenters. The maximum atomic E-state index is 12.8. The third kappa shape index (κ3) is 3.41. The van der Waals surface area contributed by atoms with Crippen molar-refractivity contribution in [1.82, 2.24) is 20.0 Å². The highest BCUT2D eigenvalue weighted by Gasteiger charge is 2.38. The lowest BCUT2D eigenvalue weighted by Gasteiger charge is -2.38. The molecule has 23 heavy (non-hydrogen) atoms. The summed E-state index contributed by atoms with van der Waals surface area (Å²) < 4.78 is 1.95. The van der Waals surface area contributed by atoms with Gasteiger partial charge in [-0.3, -0.25) is 9.48 Å². The van der Waals surface area contributed by atoms with Gasteiger partial charge in [0.1, 0.15) is 0 Å². The van der Waals surface area contributed by atoms with E-state index in [-0.39, 0.29) is 23.9 Å². The Balaban J connectivity index is 0.00000192. The van der Waals surface area contributed by atoms with Gasteiger partial charge in [-0.1, -0.05) is 0 Å². The number of carbonyl (C=O) groups excluding carboxylic acids is 1. The van der Waals surface area contributed by atoms with E-state index in [1.165, 1.54) is 6.42 Å². The van der Waals surface area contributed by atoms with Crippen LogP contribution in [0.4, 0.5) is 0 Å². The number of carbonyl (C=O) groups is 1. The molecule has 2 saturated heterocycles. The Morgan fingerprint density at radius 1 is 1.26 bits per heavy atom. The van der Waals surface area contributed by atoms with Crippen molar-refractivity contribution in [3.05, 3.63) is 17.5 Å². The first kappa shape index (κ1) is 18.3. The SMILES string of the molecule is Cc1c(C(=O)N2CCC3(CCNC3)CC2)cnn1C(C)(C)C.Cl. The summed E-state index contributed by atoms with van der Waals surface area (Å²) in [5.74, 6) is 0.147. The zero-order chi connectivity index (χ0) is 16.0. The maximum absolute atomic E-state index is 12.8. The summed E-state index contributed by atoms with van der Waals surface area (Å²) in [7, 11) is 0. The summed E-state index contributed by atoms with van der Waals surface area (Å²) in [4.78, 5) is 14.8. The Morgan fingerprint density at radius 3 is 2.39 bits per heavy atom. The molecule has 2 fully saturated rings. The lowest BCUT2D eigenvalue weighted by Crippen LogP contribution is -2.44. The van der Waals surface area contributed by atoms with Crippen LogP contribution in [-0.4, -0.2) is 46.8 Å². The average molecular weight is 341 g/mol. The number of hydrogen-bond acceptors (Lipinski definition) is 3. The van der Waals surface area contributed by atoms with Crippen molar-refractivity contribution < 1.29 is 4.79 Å². The molecule has 1 spiro atoms. The van der Waals surface area contributed by atoms with Crippen LogP contribution in [0.2, 0.25) is 0 Å². The van der Waals surface area contributed by atoms with E-state index in [0.29, 0.717) is 5.41 Å². The molecule has 5 nitrogen and oxygen atoms in total. The van der Waals surface area contributed by atoms with E-state index in [4.69, 9.17) is 0 Å². The smallest absolute Gasteiger partial charge is 0.257 e. The molecule has 130 valence electrons. The topological polar surface area (TPSA) is 50.2 Å². The van der Waals surface area contributed by atoms with E-state index in [2.05, 4.69) is 31.2 Å². The van der Waals surface area contributed by atoms with Crippen LogP contribution in [0.15, 0.2) is 6.20 Å². The number of nitrogens with zero attached hydrogens (tertiary/aromatic N) is 3. The van der Waals surface area contributed by atoms with Gasteiger partial charge in [0.15, 0.2) is 0 Å². The van der Waals surface area contributed by atoms with E-state index in [1.807, 2.05) is 16.5 Å². The summed E-state index contributed by atoms with van der Waals surface area (Å²) in [5, 5.41) is 7.90. The molecule has 1 aromatic heterocycles. The first-order chi connectivity index (χ1) is 10.3. The Morgan fingerprint density at radius 2 is 1.91 bits per heavy atom. The lowest BCUT2D eigenvalue weighted by molar-refractivity contribution is 0.0606. The molecule has 0 aromatic carbocycles. The second kappa shape index (κ2) is 6.44. The summed E-state index contributed by atoms with van der Waals surface area (Å²) in [5.41, 5.74) is 2.08. The standard InChI is InChI=1S/C17H28N4O.ClH/c1-13-14(11-19-21(13)16(2,3)4)15(22)20-9-6-17(7-10-20)5-8-18-12-17;/h11,18H,5-10,12H2,1-4H3;1H. The first-order valence-corrected chi connectivity index (χ1v) is 8.38. The van der Waals surface area contributed by atoms with Gasteiger partial charge in [0.25, 0.3) is 5.91 Å². The van der Waals surface area contributed by atoms with Crippen LogP contribution in [0.5, 0.6) is 0 Å². The number of aromatic nitrogens is 2. The average Bonchev–Trinajstić information content (AvgIpc) is 3.06. The maximum Gasteiger partial charge on any atom is 0.257 e. The van der Waals surface area contributed by atoms with Crippen LogP contribution in [0.1, 0.15) is 56.1 Å². The minimum absolute atomic E-state index is 0. The van der Waals surface area contributed by atoms with Crippen LogP contribution >= 0.6 is 12.4 Å². The number of piperidine rings is 1. The van der Waals surface area contributed by atoms with E-state index in [9.17, 15) is 4.79 Å². The predicted molar refractivity (Wildman–Crippen MR) is 94.3 cm³/mol. The van der Waals surface area contributed by atoms with Gasteiger partial charge >= 0.3 is 0 Å². The molecule has 0 saturated carbocycles. The Hall–Kier alpha value is -1.07. The number of halogens is 1. The molecule has 0 bridgehead atoms. The van der Waals surface area contributed by atoms with Gasteiger partial charge < -0.3 is 10.2 Å². The highest BCUT2D eigenvalue weighted by molar-refractivity contribution is 5.95. The second-order valence-electron chi connectivity index (χ2n) is 7.95. The Bertz CT molecular complexity index is 560. The third-order valence-electron chi connectivity index (χ3n) is 5.32. The van der Waals surface area contributed by atoms with Crippen LogP contribution in [0, 0.1) is 12.3 Å². The zero-order valence-corrected chi connectivity index (χ0v) is 15.5. The fraction of sp³-hybridized carbons (Fsp3) is 0.765. The highest BCUT2D eigenvalue weighted by atomic mass is 35.5. The van der Waals surface area contributed by atoms with E-state index in [0.717, 1.165) is 50.3 Å². The molecule has 0 unspecified atom stereocenters. The lowest BCUT2D eigenvalue weighted by atomic mass is 9.78.